The van der Waals surface area contributed by atoms with E-state index in [-0.39, 0.29) is 34.7 Å². The molecule has 1 fully saturated rings. The molecule has 3 aromatic rings. The van der Waals surface area contributed by atoms with Crippen LogP contribution in [-0.2, 0) is 16.6 Å². The molecule has 2 aliphatic rings. The second-order valence-corrected chi connectivity index (χ2v) is 10.5. The van der Waals surface area contributed by atoms with E-state index in [0.29, 0.717) is 11.7 Å². The van der Waals surface area contributed by atoms with Crippen molar-refractivity contribution in [3.8, 4) is 5.88 Å². The van der Waals surface area contributed by atoms with Gasteiger partial charge in [0.25, 0.3) is 0 Å². The number of nitrogens with zero attached hydrogens (tertiary/aromatic N) is 2. The lowest BCUT2D eigenvalue weighted by Gasteiger charge is -2.13. The summed E-state index contributed by atoms with van der Waals surface area (Å²) in [6.45, 7) is 5.85. The molecule has 2 aromatic heterocycles. The van der Waals surface area contributed by atoms with Gasteiger partial charge in [-0.05, 0) is 55.4 Å². The van der Waals surface area contributed by atoms with Gasteiger partial charge in [0.15, 0.2) is 11.6 Å². The second-order valence-electron chi connectivity index (χ2n) is 8.13. The molecule has 0 radical (unpaired) electrons. The number of sulfonamides is 1. The summed E-state index contributed by atoms with van der Waals surface area (Å²) < 4.78 is 51.3. The molecule has 2 atom stereocenters. The molecule has 3 heterocycles. The Morgan fingerprint density at radius 1 is 1.38 bits per heavy atom. The molecule has 0 unspecified atom stereocenters. The van der Waals surface area contributed by atoms with Gasteiger partial charge in [-0.25, -0.2) is 17.5 Å². The first-order valence-corrected chi connectivity index (χ1v) is 12.5. The molecule has 3 N–H and O–H groups in total. The highest BCUT2D eigenvalue weighted by atomic mass is 32.2. The lowest BCUT2D eigenvalue weighted by Crippen LogP contribution is -2.13. The molecule has 0 bridgehead atoms. The van der Waals surface area contributed by atoms with E-state index in [0.717, 1.165) is 36.1 Å². The van der Waals surface area contributed by atoms with E-state index in [9.17, 15) is 12.8 Å². The number of fused-ring (bicyclic) bond motifs is 1. The maximum absolute atomic E-state index is 14.8. The average Bonchev–Trinajstić information content (AvgIpc) is 3.52. The van der Waals surface area contributed by atoms with Gasteiger partial charge in [0.05, 0.1) is 16.1 Å². The Hall–Kier alpha value is -2.76. The summed E-state index contributed by atoms with van der Waals surface area (Å²) in [5.74, 6) is 0.769. The van der Waals surface area contributed by atoms with Crippen LogP contribution in [0.1, 0.15) is 48.9 Å². The molecule has 1 aromatic carbocycles. The number of allylic oxidation sites excluding steroid dienone is 1. The number of hydrogen-bond acceptors (Lipinski definition) is 7. The van der Waals surface area contributed by atoms with Crippen LogP contribution in [-0.4, -0.2) is 29.1 Å². The van der Waals surface area contributed by atoms with Crippen molar-refractivity contribution in [2.24, 2.45) is 0 Å². The van der Waals surface area contributed by atoms with E-state index in [1.807, 2.05) is 18.4 Å². The molecule has 1 aliphatic carbocycles. The van der Waals surface area contributed by atoms with Gasteiger partial charge in [0, 0.05) is 35.2 Å². The molecule has 8 nitrogen and oxygen atoms in total. The summed E-state index contributed by atoms with van der Waals surface area (Å²) in [5.41, 5.74) is 3.15. The van der Waals surface area contributed by atoms with Crippen molar-refractivity contribution < 1.29 is 17.5 Å². The molecule has 0 spiro atoms. The van der Waals surface area contributed by atoms with E-state index in [1.54, 1.807) is 0 Å². The molecule has 0 saturated heterocycles. The molecule has 168 valence electrons. The minimum Gasteiger partial charge on any atom is -0.473 e. The lowest BCUT2D eigenvalue weighted by molar-refractivity contribution is 0.201. The van der Waals surface area contributed by atoms with E-state index in [1.165, 1.54) is 23.7 Å². The molecular formula is C21H22FN5O3S2. The minimum absolute atomic E-state index is 0.0184. The largest absolute Gasteiger partial charge is 0.473 e. The Balaban J connectivity index is 1.26. The van der Waals surface area contributed by atoms with E-state index in [4.69, 9.17) is 4.74 Å². The summed E-state index contributed by atoms with van der Waals surface area (Å²) in [5, 5.41) is 12.2. The summed E-state index contributed by atoms with van der Waals surface area (Å²) in [4.78, 5) is -0.0184. The lowest BCUT2D eigenvalue weighted by atomic mass is 10.0. The van der Waals surface area contributed by atoms with Gasteiger partial charge in [0.2, 0.25) is 15.9 Å². The SMILES string of the molecule is C=C(C)c1csnc1O[C@@H]1CC[C@H](c2cc(Nc3ccc4c(c3F)CNS4(=O)=O)n[nH]2)C1. The van der Waals surface area contributed by atoms with E-state index >= 15 is 0 Å². The number of H-pyrrole nitrogens is 1. The van der Waals surface area contributed by atoms with Gasteiger partial charge in [0.1, 0.15) is 6.10 Å². The zero-order valence-corrected chi connectivity index (χ0v) is 18.9. The molecule has 32 heavy (non-hydrogen) atoms. The van der Waals surface area contributed by atoms with Crippen LogP contribution in [0.3, 0.4) is 0 Å². The number of nitrogens with one attached hydrogen (secondary N) is 3. The highest BCUT2D eigenvalue weighted by Gasteiger charge is 2.31. The van der Waals surface area contributed by atoms with Crippen LogP contribution in [0, 0.1) is 5.82 Å². The van der Waals surface area contributed by atoms with Gasteiger partial charge < -0.3 is 10.1 Å². The molecule has 1 aliphatic heterocycles. The topological polar surface area (TPSA) is 109 Å². The predicted octanol–water partition coefficient (Wildman–Crippen LogP) is 4.29. The van der Waals surface area contributed by atoms with E-state index < -0.39 is 15.8 Å². The van der Waals surface area contributed by atoms with Crippen LogP contribution in [0.4, 0.5) is 15.9 Å². The fourth-order valence-electron chi connectivity index (χ4n) is 4.19. The Morgan fingerprint density at radius 3 is 3.03 bits per heavy atom. The Kier molecular flexibility index (Phi) is 5.26. The van der Waals surface area contributed by atoms with Crippen molar-refractivity contribution in [1.29, 1.82) is 0 Å². The number of aromatic amines is 1. The second kappa shape index (κ2) is 7.98. The molecule has 11 heteroatoms. The third-order valence-corrected chi connectivity index (χ3v) is 7.99. The van der Waals surface area contributed by atoms with Crippen molar-refractivity contribution >= 4 is 38.6 Å². The summed E-state index contributed by atoms with van der Waals surface area (Å²) in [6.07, 6.45) is 2.73. The first-order valence-electron chi connectivity index (χ1n) is 10.2. The Bertz CT molecular complexity index is 1300. The van der Waals surface area contributed by atoms with Crippen molar-refractivity contribution in [1.82, 2.24) is 19.3 Å². The number of anilines is 2. The quantitative estimate of drug-likeness (QED) is 0.491. The molecule has 0 amide bonds. The van der Waals surface area contributed by atoms with Crippen molar-refractivity contribution in [3.63, 3.8) is 0 Å². The minimum atomic E-state index is -3.62. The fourth-order valence-corrected chi connectivity index (χ4v) is 6.11. The van der Waals surface area contributed by atoms with Crippen molar-refractivity contribution in [2.75, 3.05) is 5.32 Å². The van der Waals surface area contributed by atoms with E-state index in [2.05, 4.69) is 31.2 Å². The highest BCUT2D eigenvalue weighted by molar-refractivity contribution is 7.89. The molecular weight excluding hydrogens is 453 g/mol. The molecule has 5 rings (SSSR count). The van der Waals surface area contributed by atoms with Crippen LogP contribution < -0.4 is 14.8 Å². The third-order valence-electron chi connectivity index (χ3n) is 5.89. The third kappa shape index (κ3) is 3.80. The smallest absolute Gasteiger partial charge is 0.241 e. The summed E-state index contributed by atoms with van der Waals surface area (Å²) in [6, 6.07) is 4.68. The zero-order valence-electron chi connectivity index (χ0n) is 17.3. The van der Waals surface area contributed by atoms with Crippen LogP contribution in [0.15, 0.2) is 35.1 Å². The van der Waals surface area contributed by atoms with Gasteiger partial charge in [-0.1, -0.05) is 6.58 Å². The maximum Gasteiger partial charge on any atom is 0.241 e. The van der Waals surface area contributed by atoms with Crippen molar-refractivity contribution in [3.05, 3.63) is 52.8 Å². The summed E-state index contributed by atoms with van der Waals surface area (Å²) in [7, 11) is -3.62. The monoisotopic (exact) mass is 475 g/mol. The van der Waals surface area contributed by atoms with Crippen LogP contribution >= 0.6 is 11.5 Å². The number of halogens is 1. The number of hydrogen-bond donors (Lipinski definition) is 3. The number of ether oxygens (including phenoxy) is 1. The van der Waals surface area contributed by atoms with Crippen LogP contribution in [0.5, 0.6) is 5.88 Å². The van der Waals surface area contributed by atoms with Crippen LogP contribution in [0.2, 0.25) is 0 Å². The number of rotatable bonds is 6. The first kappa shape index (κ1) is 21.1. The van der Waals surface area contributed by atoms with Gasteiger partial charge >= 0.3 is 0 Å². The number of aromatic nitrogens is 3. The standard InChI is InChI=1S/C21H22FN5O3S2/c1-11(2)15-10-31-27-21(15)30-13-4-3-12(7-13)17-8-19(26-25-17)24-16-5-6-18-14(20(16)22)9-23-32(18,28)29/h5-6,8,10,12-13,23H,1,3-4,7,9H2,2H3,(H2,24,25,26)/t12-,13+/m0/s1. The molecule has 1 saturated carbocycles. The Morgan fingerprint density at radius 2 is 2.22 bits per heavy atom. The Labute approximate surface area is 189 Å². The van der Waals surface area contributed by atoms with Gasteiger partial charge in [-0.2, -0.15) is 9.47 Å². The summed E-state index contributed by atoms with van der Waals surface area (Å²) >= 11 is 1.36. The normalized spacial score (nSPS) is 21.4. The first-order chi connectivity index (χ1) is 15.3. The average molecular weight is 476 g/mol. The van der Waals surface area contributed by atoms with Crippen molar-refractivity contribution in [2.45, 2.75) is 49.6 Å². The fraction of sp³-hybridized carbons (Fsp3) is 0.333. The number of benzene rings is 1. The maximum atomic E-state index is 14.8. The predicted molar refractivity (Wildman–Crippen MR) is 120 cm³/mol. The van der Waals surface area contributed by atoms with Crippen LogP contribution in [0.25, 0.3) is 5.57 Å². The highest BCUT2D eigenvalue weighted by Crippen LogP contribution is 2.38. The zero-order chi connectivity index (χ0) is 22.5. The van der Waals surface area contributed by atoms with Gasteiger partial charge in [-0.3, -0.25) is 5.10 Å². The van der Waals surface area contributed by atoms with Gasteiger partial charge in [-0.15, -0.1) is 0 Å².